The normalized spacial score (nSPS) is 23.2. The van der Waals surface area contributed by atoms with E-state index < -0.39 is 11.7 Å². The zero-order valence-corrected chi connectivity index (χ0v) is 14.4. The lowest BCUT2D eigenvalue weighted by Crippen LogP contribution is -2.49. The van der Waals surface area contributed by atoms with Crippen molar-refractivity contribution in [1.82, 2.24) is 15.0 Å². The van der Waals surface area contributed by atoms with Crippen molar-refractivity contribution >= 4 is 11.8 Å². The number of pyridine rings is 1. The topological polar surface area (TPSA) is 45.2 Å². The SMILES string of the molecule is Cc1ccnc(N2CCC3CCN(c4ccc(C(F)(F)F)cn4)C3C2)n1. The Morgan fingerprint density at radius 2 is 1.88 bits per heavy atom. The quantitative estimate of drug-likeness (QED) is 0.819. The summed E-state index contributed by atoms with van der Waals surface area (Å²) < 4.78 is 38.3. The molecule has 2 atom stereocenters. The number of alkyl halides is 3. The van der Waals surface area contributed by atoms with Gasteiger partial charge in [-0.05, 0) is 43.9 Å². The van der Waals surface area contributed by atoms with E-state index >= 15 is 0 Å². The van der Waals surface area contributed by atoms with Crippen LogP contribution < -0.4 is 9.80 Å². The Kier molecular flexibility index (Phi) is 4.20. The van der Waals surface area contributed by atoms with E-state index in [1.807, 2.05) is 13.0 Å². The number of anilines is 2. The molecule has 4 heterocycles. The average molecular weight is 363 g/mol. The fraction of sp³-hybridized carbons (Fsp3) is 0.500. The minimum Gasteiger partial charge on any atom is -0.352 e. The maximum absolute atomic E-state index is 12.8. The Labute approximate surface area is 149 Å². The van der Waals surface area contributed by atoms with Gasteiger partial charge in [0.25, 0.3) is 0 Å². The van der Waals surface area contributed by atoms with Gasteiger partial charge in [-0.25, -0.2) is 15.0 Å². The van der Waals surface area contributed by atoms with Crippen LogP contribution in [0.1, 0.15) is 24.1 Å². The van der Waals surface area contributed by atoms with Crippen LogP contribution in [0.2, 0.25) is 0 Å². The number of hydrogen-bond donors (Lipinski definition) is 0. The Morgan fingerprint density at radius 1 is 1.08 bits per heavy atom. The Hall–Kier alpha value is -2.38. The summed E-state index contributed by atoms with van der Waals surface area (Å²) in [5, 5.41) is 0. The number of aryl methyl sites for hydroxylation is 1. The van der Waals surface area contributed by atoms with E-state index in [0.29, 0.717) is 11.7 Å². The number of hydrogen-bond acceptors (Lipinski definition) is 5. The summed E-state index contributed by atoms with van der Waals surface area (Å²) in [7, 11) is 0. The fourth-order valence-corrected chi connectivity index (χ4v) is 3.92. The van der Waals surface area contributed by atoms with Crippen LogP contribution in [-0.2, 0) is 6.18 Å². The number of nitrogens with zero attached hydrogens (tertiary/aromatic N) is 5. The van der Waals surface area contributed by atoms with Gasteiger partial charge in [-0.1, -0.05) is 0 Å². The van der Waals surface area contributed by atoms with Crippen molar-refractivity contribution in [3.05, 3.63) is 41.9 Å². The molecule has 2 aliphatic heterocycles. The van der Waals surface area contributed by atoms with Crippen LogP contribution in [0.5, 0.6) is 0 Å². The highest BCUT2D eigenvalue weighted by molar-refractivity contribution is 5.45. The van der Waals surface area contributed by atoms with Gasteiger partial charge in [0.2, 0.25) is 5.95 Å². The van der Waals surface area contributed by atoms with E-state index in [9.17, 15) is 13.2 Å². The zero-order chi connectivity index (χ0) is 18.3. The molecule has 0 spiro atoms. The predicted octanol–water partition coefficient (Wildman–Crippen LogP) is 3.30. The van der Waals surface area contributed by atoms with Crippen molar-refractivity contribution < 1.29 is 13.2 Å². The third-order valence-electron chi connectivity index (χ3n) is 5.30. The van der Waals surface area contributed by atoms with Gasteiger partial charge >= 0.3 is 6.18 Å². The molecule has 0 bridgehead atoms. The first-order valence-electron chi connectivity index (χ1n) is 8.76. The summed E-state index contributed by atoms with van der Waals surface area (Å²) in [4.78, 5) is 17.3. The Bertz CT molecular complexity index is 777. The van der Waals surface area contributed by atoms with Crippen LogP contribution in [-0.4, -0.2) is 40.6 Å². The van der Waals surface area contributed by atoms with Crippen molar-refractivity contribution in [2.75, 3.05) is 29.4 Å². The zero-order valence-electron chi connectivity index (χ0n) is 14.4. The summed E-state index contributed by atoms with van der Waals surface area (Å²) in [6.45, 7) is 4.41. The maximum Gasteiger partial charge on any atom is 0.417 e. The molecule has 2 aromatic rings. The molecule has 8 heteroatoms. The van der Waals surface area contributed by atoms with Crippen LogP contribution >= 0.6 is 0 Å². The molecule has 0 aliphatic carbocycles. The molecule has 2 fully saturated rings. The molecule has 2 aliphatic rings. The van der Waals surface area contributed by atoms with Gasteiger partial charge in [0.05, 0.1) is 11.6 Å². The highest BCUT2D eigenvalue weighted by Gasteiger charge is 2.40. The first-order chi connectivity index (χ1) is 12.4. The third kappa shape index (κ3) is 3.20. The van der Waals surface area contributed by atoms with Gasteiger partial charge in [0.15, 0.2) is 0 Å². The van der Waals surface area contributed by atoms with E-state index in [-0.39, 0.29) is 6.04 Å². The summed E-state index contributed by atoms with van der Waals surface area (Å²) in [5.74, 6) is 1.85. The number of fused-ring (bicyclic) bond motifs is 1. The highest BCUT2D eigenvalue weighted by Crippen LogP contribution is 2.36. The van der Waals surface area contributed by atoms with Crippen LogP contribution in [0.4, 0.5) is 24.9 Å². The van der Waals surface area contributed by atoms with Crippen molar-refractivity contribution in [2.24, 2.45) is 5.92 Å². The maximum atomic E-state index is 12.8. The van der Waals surface area contributed by atoms with E-state index in [0.717, 1.165) is 56.4 Å². The van der Waals surface area contributed by atoms with Crippen LogP contribution in [0.15, 0.2) is 30.6 Å². The van der Waals surface area contributed by atoms with Gasteiger partial charge in [-0.3, -0.25) is 0 Å². The molecule has 2 saturated heterocycles. The first kappa shape index (κ1) is 17.1. The minimum absolute atomic E-state index is 0.220. The molecule has 2 unspecified atom stereocenters. The molecule has 138 valence electrons. The molecule has 4 rings (SSSR count). The second-order valence-corrected chi connectivity index (χ2v) is 6.95. The van der Waals surface area contributed by atoms with E-state index in [4.69, 9.17) is 0 Å². The molecule has 5 nitrogen and oxygen atoms in total. The van der Waals surface area contributed by atoms with Crippen LogP contribution in [0, 0.1) is 12.8 Å². The first-order valence-corrected chi connectivity index (χ1v) is 8.76. The second kappa shape index (κ2) is 6.41. The Balaban J connectivity index is 1.54. The third-order valence-corrected chi connectivity index (χ3v) is 5.30. The van der Waals surface area contributed by atoms with Gasteiger partial charge in [-0.15, -0.1) is 0 Å². The molecule has 0 N–H and O–H groups in total. The molecular formula is C18H20F3N5. The van der Waals surface area contributed by atoms with Gasteiger partial charge < -0.3 is 9.80 Å². The Morgan fingerprint density at radius 3 is 2.58 bits per heavy atom. The number of rotatable bonds is 2. The van der Waals surface area contributed by atoms with Crippen molar-refractivity contribution in [3.8, 4) is 0 Å². The van der Waals surface area contributed by atoms with E-state index in [1.54, 1.807) is 6.20 Å². The summed E-state index contributed by atoms with van der Waals surface area (Å²) in [6.07, 6.45) is 0.388. The predicted molar refractivity (Wildman–Crippen MR) is 92.1 cm³/mol. The lowest BCUT2D eigenvalue weighted by Gasteiger charge is -2.38. The van der Waals surface area contributed by atoms with Crippen molar-refractivity contribution in [3.63, 3.8) is 0 Å². The second-order valence-electron chi connectivity index (χ2n) is 6.95. The average Bonchev–Trinajstić information content (AvgIpc) is 3.04. The monoisotopic (exact) mass is 363 g/mol. The van der Waals surface area contributed by atoms with Gasteiger partial charge in [0.1, 0.15) is 5.82 Å². The largest absolute Gasteiger partial charge is 0.417 e. The summed E-state index contributed by atoms with van der Waals surface area (Å²) in [6, 6.07) is 4.68. The lowest BCUT2D eigenvalue weighted by atomic mass is 9.92. The minimum atomic E-state index is -4.36. The van der Waals surface area contributed by atoms with Crippen molar-refractivity contribution in [1.29, 1.82) is 0 Å². The van der Waals surface area contributed by atoms with Gasteiger partial charge in [-0.2, -0.15) is 13.2 Å². The molecular weight excluding hydrogens is 343 g/mol. The number of piperidine rings is 1. The molecule has 0 aromatic carbocycles. The van der Waals surface area contributed by atoms with Crippen LogP contribution in [0.25, 0.3) is 0 Å². The lowest BCUT2D eigenvalue weighted by molar-refractivity contribution is -0.137. The van der Waals surface area contributed by atoms with Crippen LogP contribution in [0.3, 0.4) is 0 Å². The molecule has 2 aromatic heterocycles. The smallest absolute Gasteiger partial charge is 0.352 e. The highest BCUT2D eigenvalue weighted by atomic mass is 19.4. The van der Waals surface area contributed by atoms with Gasteiger partial charge in [0, 0.05) is 37.7 Å². The molecule has 0 amide bonds. The number of aromatic nitrogens is 3. The van der Waals surface area contributed by atoms with E-state index in [1.165, 1.54) is 6.07 Å². The molecule has 26 heavy (non-hydrogen) atoms. The van der Waals surface area contributed by atoms with E-state index in [2.05, 4.69) is 24.8 Å². The fourth-order valence-electron chi connectivity index (χ4n) is 3.92. The standard InChI is InChI=1S/C18H20F3N5/c1-12-4-7-22-17(24-12)25-8-5-13-6-9-26(15(13)11-25)16-3-2-14(10-23-16)18(19,20)21/h2-4,7,10,13,15H,5-6,8-9,11H2,1H3. The molecule has 0 saturated carbocycles. The van der Waals surface area contributed by atoms with Crippen molar-refractivity contribution in [2.45, 2.75) is 32.0 Å². The summed E-state index contributed by atoms with van der Waals surface area (Å²) >= 11 is 0. The number of halogens is 3. The molecule has 0 radical (unpaired) electrons. The summed E-state index contributed by atoms with van der Waals surface area (Å²) in [5.41, 5.74) is 0.209.